The van der Waals surface area contributed by atoms with Crippen molar-refractivity contribution in [2.45, 2.75) is 194 Å². The first-order chi connectivity index (χ1) is 25.6. The van der Waals surface area contributed by atoms with Gasteiger partial charge in [-0.25, -0.2) is 0 Å². The van der Waals surface area contributed by atoms with Crippen molar-refractivity contribution in [3.05, 3.63) is 24.3 Å². The van der Waals surface area contributed by atoms with Crippen molar-refractivity contribution in [1.29, 1.82) is 0 Å². The van der Waals surface area contributed by atoms with Crippen molar-refractivity contribution in [3.63, 3.8) is 0 Å². The van der Waals surface area contributed by atoms with Crippen molar-refractivity contribution in [3.8, 4) is 0 Å². The number of hydrogen-bond acceptors (Lipinski definition) is 12. The molecule has 11 heterocycles. The lowest BCUT2D eigenvalue weighted by molar-refractivity contribution is -0.268. The zero-order valence-corrected chi connectivity index (χ0v) is 31.9. The van der Waals surface area contributed by atoms with E-state index >= 15 is 0 Å². The van der Waals surface area contributed by atoms with Crippen LogP contribution in [0.4, 0.5) is 0 Å². The molecule has 0 aromatic carbocycles. The molecule has 0 spiro atoms. The maximum absolute atomic E-state index is 14.0. The molecule has 11 aliphatic heterocycles. The molecule has 0 amide bonds. The zero-order valence-electron chi connectivity index (χ0n) is 31.9. The molecule has 11 rings (SSSR count). The van der Waals surface area contributed by atoms with E-state index in [2.05, 4.69) is 20.1 Å². The van der Waals surface area contributed by atoms with E-state index in [0.717, 1.165) is 62.5 Å². The number of ether oxygens (including phenoxy) is 9. The van der Waals surface area contributed by atoms with Gasteiger partial charge in [0.05, 0.1) is 73.2 Å². The van der Waals surface area contributed by atoms with Crippen LogP contribution in [-0.4, -0.2) is 135 Å². The molecular formula is C41H63NO11. The van der Waals surface area contributed by atoms with Crippen molar-refractivity contribution >= 4 is 5.78 Å². The predicted molar refractivity (Wildman–Crippen MR) is 193 cm³/mol. The van der Waals surface area contributed by atoms with Crippen LogP contribution in [0.2, 0.25) is 0 Å². The number of aliphatic hydroxyl groups is 1. The number of fused-ring (bicyclic) bond motifs is 1. The van der Waals surface area contributed by atoms with Crippen LogP contribution in [0.5, 0.6) is 0 Å². The van der Waals surface area contributed by atoms with Gasteiger partial charge in [0, 0.05) is 58.8 Å². The summed E-state index contributed by atoms with van der Waals surface area (Å²) in [5.74, 6) is 0.149. The Balaban J connectivity index is 1.03. The van der Waals surface area contributed by atoms with Gasteiger partial charge in [0.25, 0.3) is 0 Å². The van der Waals surface area contributed by atoms with E-state index < -0.39 is 12.2 Å². The van der Waals surface area contributed by atoms with Crippen LogP contribution in [0, 0.1) is 11.8 Å². The van der Waals surface area contributed by atoms with Crippen LogP contribution in [0.3, 0.4) is 0 Å². The summed E-state index contributed by atoms with van der Waals surface area (Å²) in [6.07, 6.45) is 5.58. The number of ketones is 1. The number of rotatable bonds is 5. The molecule has 0 radical (unpaired) electrons. The third kappa shape index (κ3) is 7.86. The molecule has 298 valence electrons. The lowest BCUT2D eigenvalue weighted by Gasteiger charge is -2.47. The summed E-state index contributed by atoms with van der Waals surface area (Å²) < 4.78 is 58.9. The van der Waals surface area contributed by atoms with Crippen LogP contribution >= 0.6 is 0 Å². The molecule has 19 atom stereocenters. The van der Waals surface area contributed by atoms with Gasteiger partial charge < -0.3 is 53.5 Å². The average molecular weight is 746 g/mol. The van der Waals surface area contributed by atoms with E-state index in [9.17, 15) is 9.90 Å². The van der Waals surface area contributed by atoms with Crippen LogP contribution in [0.15, 0.2) is 24.3 Å². The Bertz CT molecular complexity index is 1330. The molecule has 0 saturated carbocycles. The highest BCUT2D eigenvalue weighted by Gasteiger charge is 2.61. The Morgan fingerprint density at radius 1 is 0.698 bits per heavy atom. The second-order valence-electron chi connectivity index (χ2n) is 17.3. The summed E-state index contributed by atoms with van der Waals surface area (Å²) in [6, 6.07) is 0. The fraction of sp³-hybridized carbons (Fsp3) is 0.878. The number of aliphatic hydroxyl groups excluding tert-OH is 1. The standard InChI is InChI=1S/C41H63NO11/c1-20-12-26-8-10-30-21(2)13-25(47-30)6-7-28-17-35-38(50-28)40-41(53-35)39(46-5)37-31(52-40)11-9-27(49-37)14-23(43)15-29-33(18-32(48-26)22(20)3)51-34(36(29)45-4)16-24(44)19-42/h20,24-41,44H,2-3,6-19,42H2,1,4-5H3/t20-,24+,25+,26+,27?,28?,29+,30?,31+,32?,33+,34-,35?,36-,37+,38+,39+,40+,41+/m1/s1. The van der Waals surface area contributed by atoms with Gasteiger partial charge >= 0.3 is 0 Å². The van der Waals surface area contributed by atoms with Gasteiger partial charge in [-0.3, -0.25) is 4.79 Å². The van der Waals surface area contributed by atoms with Gasteiger partial charge in [0.1, 0.15) is 36.3 Å². The largest absolute Gasteiger partial charge is 0.392 e. The Morgan fingerprint density at radius 3 is 2.17 bits per heavy atom. The van der Waals surface area contributed by atoms with E-state index in [1.54, 1.807) is 14.2 Å². The summed E-state index contributed by atoms with van der Waals surface area (Å²) in [6.45, 7) is 11.2. The van der Waals surface area contributed by atoms with Crippen molar-refractivity contribution in [1.82, 2.24) is 0 Å². The Kier molecular flexibility index (Phi) is 11.9. The van der Waals surface area contributed by atoms with Crippen LogP contribution in [0.1, 0.15) is 90.4 Å². The maximum atomic E-state index is 14.0. The van der Waals surface area contributed by atoms with Gasteiger partial charge in [-0.05, 0) is 68.4 Å². The molecular weight excluding hydrogens is 682 g/mol. The Labute approximate surface area is 314 Å². The minimum Gasteiger partial charge on any atom is -0.392 e. The van der Waals surface area contributed by atoms with Crippen molar-refractivity contribution in [2.24, 2.45) is 17.6 Å². The highest BCUT2D eigenvalue weighted by Crippen LogP contribution is 2.47. The number of carbonyl (C=O) groups excluding carboxylic acids is 1. The monoisotopic (exact) mass is 745 g/mol. The molecule has 12 nitrogen and oxygen atoms in total. The molecule has 0 aromatic heterocycles. The quantitative estimate of drug-likeness (QED) is 0.396. The third-order valence-corrected chi connectivity index (χ3v) is 13.8. The molecule has 3 N–H and O–H groups in total. The third-order valence-electron chi connectivity index (χ3n) is 13.8. The van der Waals surface area contributed by atoms with Gasteiger partial charge in [0.2, 0.25) is 0 Å². The van der Waals surface area contributed by atoms with Crippen molar-refractivity contribution < 1.29 is 52.5 Å². The first-order valence-electron chi connectivity index (χ1n) is 20.5. The lowest BCUT2D eigenvalue weighted by Crippen LogP contribution is -2.62. The highest BCUT2D eigenvalue weighted by molar-refractivity contribution is 5.79. The number of Topliss-reactive ketones (excluding diaryl/α,β-unsaturated/α-hetero) is 1. The average Bonchev–Trinajstić information content (AvgIpc) is 3.88. The Hall–Kier alpha value is -1.29. The summed E-state index contributed by atoms with van der Waals surface area (Å²) >= 11 is 0. The Morgan fingerprint density at radius 2 is 1.38 bits per heavy atom. The predicted octanol–water partition coefficient (Wildman–Crippen LogP) is 3.73. The fourth-order valence-electron chi connectivity index (χ4n) is 11.0. The molecule has 0 aromatic rings. The lowest BCUT2D eigenvalue weighted by atomic mass is 9.81. The van der Waals surface area contributed by atoms with Crippen molar-refractivity contribution in [2.75, 3.05) is 20.8 Å². The summed E-state index contributed by atoms with van der Waals surface area (Å²) in [5.41, 5.74) is 8.03. The summed E-state index contributed by atoms with van der Waals surface area (Å²) in [4.78, 5) is 14.0. The molecule has 11 aliphatic rings. The molecule has 11 fully saturated rings. The number of carbonyl (C=O) groups is 1. The van der Waals surface area contributed by atoms with Crippen LogP contribution in [-0.2, 0) is 47.4 Å². The second-order valence-corrected chi connectivity index (χ2v) is 17.3. The smallest absolute Gasteiger partial charge is 0.135 e. The van der Waals surface area contributed by atoms with E-state index in [1.165, 1.54) is 0 Å². The molecule has 12 bridgehead atoms. The normalized spacial score (nSPS) is 49.6. The molecule has 5 unspecified atom stereocenters. The molecule has 53 heavy (non-hydrogen) atoms. The van der Waals surface area contributed by atoms with Crippen LogP contribution in [0.25, 0.3) is 0 Å². The molecule has 0 aliphatic carbocycles. The minimum atomic E-state index is -0.731. The minimum absolute atomic E-state index is 0.0164. The summed E-state index contributed by atoms with van der Waals surface area (Å²) in [5, 5.41) is 10.5. The number of methoxy groups -OCH3 is 2. The van der Waals surface area contributed by atoms with Crippen LogP contribution < -0.4 is 5.73 Å². The fourth-order valence-corrected chi connectivity index (χ4v) is 11.0. The number of hydrogen-bond donors (Lipinski definition) is 2. The van der Waals surface area contributed by atoms with Gasteiger partial charge in [0.15, 0.2) is 0 Å². The number of nitrogens with two attached hydrogens (primary N) is 1. The van der Waals surface area contributed by atoms with E-state index in [0.29, 0.717) is 19.3 Å². The molecule has 12 heteroatoms. The highest BCUT2D eigenvalue weighted by atomic mass is 16.7. The topological polar surface area (TPSA) is 146 Å². The first-order valence-corrected chi connectivity index (χ1v) is 20.5. The first kappa shape index (κ1) is 38.6. The zero-order chi connectivity index (χ0) is 37.0. The van der Waals surface area contributed by atoms with E-state index in [4.69, 9.17) is 48.4 Å². The summed E-state index contributed by atoms with van der Waals surface area (Å²) in [7, 11) is 3.37. The van der Waals surface area contributed by atoms with Gasteiger partial charge in [-0.1, -0.05) is 20.1 Å². The van der Waals surface area contributed by atoms with E-state index in [-0.39, 0.29) is 129 Å². The second kappa shape index (κ2) is 16.3. The van der Waals surface area contributed by atoms with E-state index in [1.807, 2.05) is 0 Å². The van der Waals surface area contributed by atoms with Gasteiger partial charge in [-0.15, -0.1) is 0 Å². The maximum Gasteiger partial charge on any atom is 0.135 e. The SMILES string of the molecule is C=C1C[C@@H]2CCC3CC4O[C@H]5[C@@H](OC)[C@H]6OC(CC[C@@H]6O[C@H]5[C@H]4O3)CC(=O)C[C@@H]3[C@@H](OC)[C@@H](C[C@H](O)CN)O[C@H]3CC3O[C@@H](CCC1O2)C[C@@H](C)C3=C. The molecule has 11 saturated heterocycles. The van der Waals surface area contributed by atoms with Gasteiger partial charge in [-0.2, -0.15) is 0 Å².